The number of hydrogen-bond acceptors (Lipinski definition) is 7. The number of esters is 1. The van der Waals surface area contributed by atoms with Gasteiger partial charge in [0.15, 0.2) is 6.61 Å². The van der Waals surface area contributed by atoms with Crippen molar-refractivity contribution in [2.75, 3.05) is 6.54 Å². The lowest BCUT2D eigenvalue weighted by molar-refractivity contribution is -0.149. The second kappa shape index (κ2) is 7.36. The van der Waals surface area contributed by atoms with E-state index in [0.29, 0.717) is 22.8 Å². The zero-order valence-corrected chi connectivity index (χ0v) is 15.4. The molecule has 0 unspecified atom stereocenters. The van der Waals surface area contributed by atoms with E-state index in [1.54, 1.807) is 38.1 Å². The van der Waals surface area contributed by atoms with Crippen molar-refractivity contribution in [3.63, 3.8) is 0 Å². The molecule has 0 radical (unpaired) electrons. The van der Waals surface area contributed by atoms with Gasteiger partial charge in [-0.25, -0.2) is 4.79 Å². The number of benzene rings is 1. The summed E-state index contributed by atoms with van der Waals surface area (Å²) < 4.78 is 10.1. The Kier molecular flexibility index (Phi) is 5.13. The lowest BCUT2D eigenvalue weighted by Gasteiger charge is -2.18. The third kappa shape index (κ3) is 3.92. The van der Waals surface area contributed by atoms with Crippen LogP contribution in [-0.4, -0.2) is 45.0 Å². The Labute approximate surface area is 159 Å². The molecule has 2 aromatic rings. The van der Waals surface area contributed by atoms with Crippen LogP contribution in [0.2, 0.25) is 5.02 Å². The molecule has 1 N–H and O–H groups in total. The number of amides is 3. The van der Waals surface area contributed by atoms with Crippen LogP contribution in [0, 0.1) is 0 Å². The lowest BCUT2D eigenvalue weighted by atomic mass is 9.99. The molecule has 0 saturated carbocycles. The summed E-state index contributed by atoms with van der Waals surface area (Å²) in [5.41, 5.74) is -0.350. The van der Waals surface area contributed by atoms with Crippen molar-refractivity contribution in [1.29, 1.82) is 0 Å². The summed E-state index contributed by atoms with van der Waals surface area (Å²) in [5.74, 6) is -0.848. The van der Waals surface area contributed by atoms with Crippen LogP contribution >= 0.6 is 11.6 Å². The molecule has 1 aromatic carbocycles. The van der Waals surface area contributed by atoms with Gasteiger partial charge in [-0.05, 0) is 25.5 Å². The van der Waals surface area contributed by atoms with Crippen molar-refractivity contribution in [1.82, 2.24) is 20.4 Å². The highest BCUT2D eigenvalue weighted by atomic mass is 35.5. The van der Waals surface area contributed by atoms with E-state index in [4.69, 9.17) is 20.9 Å². The van der Waals surface area contributed by atoms with Gasteiger partial charge >= 0.3 is 12.0 Å². The third-order valence-corrected chi connectivity index (χ3v) is 4.48. The number of imide groups is 1. The average Bonchev–Trinajstić information content (AvgIpc) is 3.19. The van der Waals surface area contributed by atoms with E-state index in [1.807, 2.05) is 0 Å². The molecule has 1 aliphatic heterocycles. The number of urea groups is 1. The largest absolute Gasteiger partial charge is 0.454 e. The molecule has 0 bridgehead atoms. The fourth-order valence-electron chi connectivity index (χ4n) is 2.51. The summed E-state index contributed by atoms with van der Waals surface area (Å²) in [6.07, 6.45) is 0.414. The monoisotopic (exact) mass is 392 g/mol. The minimum atomic E-state index is -1.00. The normalized spacial score (nSPS) is 19.3. The summed E-state index contributed by atoms with van der Waals surface area (Å²) in [6.45, 7) is 2.61. The second-order valence-corrected chi connectivity index (χ2v) is 6.63. The maximum absolute atomic E-state index is 12.2. The summed E-state index contributed by atoms with van der Waals surface area (Å²) in [7, 11) is 0. The van der Waals surface area contributed by atoms with Crippen LogP contribution in [0.15, 0.2) is 28.8 Å². The molecule has 1 saturated heterocycles. The zero-order valence-electron chi connectivity index (χ0n) is 14.7. The van der Waals surface area contributed by atoms with Crippen molar-refractivity contribution in [3.8, 4) is 11.4 Å². The molecule has 142 valence electrons. The van der Waals surface area contributed by atoms with Crippen molar-refractivity contribution >= 4 is 29.5 Å². The van der Waals surface area contributed by atoms with Crippen LogP contribution in [0.3, 0.4) is 0 Å². The van der Waals surface area contributed by atoms with Crippen molar-refractivity contribution in [2.24, 2.45) is 0 Å². The Morgan fingerprint density at radius 2 is 2.19 bits per heavy atom. The number of aromatic nitrogens is 2. The topological polar surface area (TPSA) is 115 Å². The Hall–Kier alpha value is -2.94. The van der Waals surface area contributed by atoms with Crippen LogP contribution in [-0.2, 0) is 20.9 Å². The lowest BCUT2D eigenvalue weighted by Crippen LogP contribution is -2.43. The van der Waals surface area contributed by atoms with Gasteiger partial charge in [-0.2, -0.15) is 4.98 Å². The predicted octanol–water partition coefficient (Wildman–Crippen LogP) is 2.15. The molecule has 10 heteroatoms. The maximum atomic E-state index is 12.2. The Bertz CT molecular complexity index is 899. The molecular weight excluding hydrogens is 376 g/mol. The Balaban J connectivity index is 1.57. The maximum Gasteiger partial charge on any atom is 0.326 e. The van der Waals surface area contributed by atoms with Gasteiger partial charge < -0.3 is 14.6 Å². The number of carbonyl (C=O) groups is 3. The van der Waals surface area contributed by atoms with Crippen LogP contribution in [0.1, 0.15) is 26.2 Å². The van der Waals surface area contributed by atoms with E-state index >= 15 is 0 Å². The van der Waals surface area contributed by atoms with Crippen molar-refractivity contribution in [2.45, 2.75) is 32.4 Å². The van der Waals surface area contributed by atoms with E-state index < -0.39 is 30.0 Å². The van der Waals surface area contributed by atoms with E-state index in [9.17, 15) is 14.4 Å². The minimum absolute atomic E-state index is 0.0777. The highest BCUT2D eigenvalue weighted by molar-refractivity contribution is 6.30. The van der Waals surface area contributed by atoms with Crippen LogP contribution in [0.5, 0.6) is 0 Å². The first-order valence-corrected chi connectivity index (χ1v) is 8.58. The van der Waals surface area contributed by atoms with Gasteiger partial charge in [0.2, 0.25) is 5.82 Å². The summed E-state index contributed by atoms with van der Waals surface area (Å²) in [4.78, 5) is 41.1. The first-order valence-electron chi connectivity index (χ1n) is 8.20. The first kappa shape index (κ1) is 18.8. The summed E-state index contributed by atoms with van der Waals surface area (Å²) >= 11 is 5.92. The fourth-order valence-corrected chi connectivity index (χ4v) is 2.70. The summed E-state index contributed by atoms with van der Waals surface area (Å²) in [5, 5.41) is 6.89. The quantitative estimate of drug-likeness (QED) is 0.591. The molecule has 1 aliphatic rings. The highest BCUT2D eigenvalue weighted by Gasteiger charge is 2.47. The number of nitrogens with one attached hydrogen (secondary N) is 1. The van der Waals surface area contributed by atoms with E-state index in [-0.39, 0.29) is 12.5 Å². The molecule has 3 amide bonds. The molecule has 3 rings (SSSR count). The van der Waals surface area contributed by atoms with Crippen LogP contribution in [0.25, 0.3) is 11.4 Å². The van der Waals surface area contributed by atoms with E-state index in [1.165, 1.54) is 0 Å². The Morgan fingerprint density at radius 1 is 1.41 bits per heavy atom. The highest BCUT2D eigenvalue weighted by Crippen LogP contribution is 2.21. The van der Waals surface area contributed by atoms with E-state index in [2.05, 4.69) is 15.5 Å². The zero-order chi connectivity index (χ0) is 19.6. The van der Waals surface area contributed by atoms with Gasteiger partial charge in [0.05, 0.1) is 0 Å². The van der Waals surface area contributed by atoms with Gasteiger partial charge in [-0.1, -0.05) is 35.8 Å². The van der Waals surface area contributed by atoms with E-state index in [0.717, 1.165) is 4.90 Å². The van der Waals surface area contributed by atoms with Crippen LogP contribution in [0.4, 0.5) is 4.79 Å². The number of halogens is 1. The number of rotatable bonds is 6. The molecular formula is C17H17ClN4O5. The first-order chi connectivity index (χ1) is 12.8. The molecule has 0 spiro atoms. The molecule has 9 nitrogen and oxygen atoms in total. The number of ether oxygens (including phenoxy) is 1. The molecule has 1 fully saturated rings. The molecule has 0 aliphatic carbocycles. The fraction of sp³-hybridized carbons (Fsp3) is 0.353. The molecule has 27 heavy (non-hydrogen) atoms. The number of carbonyl (C=O) groups excluding carboxylic acids is 3. The van der Waals surface area contributed by atoms with Gasteiger partial charge in [-0.15, -0.1) is 0 Å². The van der Waals surface area contributed by atoms with Crippen molar-refractivity contribution < 1.29 is 23.6 Å². The van der Waals surface area contributed by atoms with Gasteiger partial charge in [0.1, 0.15) is 12.1 Å². The molecule has 1 aromatic heterocycles. The smallest absolute Gasteiger partial charge is 0.326 e. The van der Waals surface area contributed by atoms with Gasteiger partial charge in [-0.3, -0.25) is 14.5 Å². The molecule has 1 atom stereocenters. The van der Waals surface area contributed by atoms with Gasteiger partial charge in [0.25, 0.3) is 11.8 Å². The molecule has 2 heterocycles. The number of nitrogens with zero attached hydrogens (tertiary/aromatic N) is 3. The Morgan fingerprint density at radius 3 is 2.85 bits per heavy atom. The minimum Gasteiger partial charge on any atom is -0.454 e. The van der Waals surface area contributed by atoms with Crippen LogP contribution < -0.4 is 5.32 Å². The number of hydrogen-bond donors (Lipinski definition) is 1. The summed E-state index contributed by atoms with van der Waals surface area (Å²) in [6, 6.07) is 6.27. The second-order valence-electron chi connectivity index (χ2n) is 6.19. The SMILES string of the molecule is CC[C@@]1(C)NC(=O)N(CC(=O)OCc2nc(-c3cccc(Cl)c3)no2)C1=O. The third-order valence-electron chi connectivity index (χ3n) is 4.25. The average molecular weight is 393 g/mol. The predicted molar refractivity (Wildman–Crippen MR) is 93.5 cm³/mol. The van der Waals surface area contributed by atoms with Gasteiger partial charge in [0, 0.05) is 10.6 Å². The standard InChI is InChI=1S/C17H17ClN4O5/c1-3-17(2)15(24)22(16(25)20-17)8-13(23)26-9-12-19-14(21-27-12)10-5-4-6-11(18)7-10/h4-7H,3,8-9H2,1-2H3,(H,20,25)/t17-/m1/s1. The van der Waals surface area contributed by atoms with Crippen molar-refractivity contribution in [3.05, 3.63) is 35.2 Å².